The van der Waals surface area contributed by atoms with Gasteiger partial charge in [-0.1, -0.05) is 42.5 Å². The van der Waals surface area contributed by atoms with Gasteiger partial charge in [-0.2, -0.15) is 0 Å². The Morgan fingerprint density at radius 3 is 2.35 bits per heavy atom. The van der Waals surface area contributed by atoms with Crippen LogP contribution in [0.15, 0.2) is 59.6 Å². The van der Waals surface area contributed by atoms with E-state index in [4.69, 9.17) is 9.47 Å². The number of hydrogen-bond acceptors (Lipinski definition) is 3. The number of methoxy groups -OCH3 is 1. The van der Waals surface area contributed by atoms with Crippen LogP contribution in [-0.4, -0.2) is 33.3 Å². The average Bonchev–Trinajstić information content (AvgIpc) is 2.66. The number of para-hydroxylation sites is 1. The van der Waals surface area contributed by atoms with Crippen LogP contribution in [0.2, 0.25) is 0 Å². The molecule has 2 N–H and O–H groups in total. The Morgan fingerprint density at radius 2 is 1.65 bits per heavy atom. The maximum Gasteiger partial charge on any atom is 0.191 e. The van der Waals surface area contributed by atoms with Crippen molar-refractivity contribution in [3.8, 4) is 5.75 Å². The van der Waals surface area contributed by atoms with Gasteiger partial charge < -0.3 is 20.1 Å². The van der Waals surface area contributed by atoms with E-state index in [0.717, 1.165) is 24.7 Å². The van der Waals surface area contributed by atoms with Gasteiger partial charge in [-0.3, -0.25) is 4.99 Å². The van der Waals surface area contributed by atoms with Gasteiger partial charge in [0.2, 0.25) is 0 Å². The van der Waals surface area contributed by atoms with E-state index in [9.17, 15) is 0 Å². The zero-order chi connectivity index (χ0) is 17.7. The molecular formula is C20H28IN3O2. The molecule has 0 unspecified atom stereocenters. The van der Waals surface area contributed by atoms with Gasteiger partial charge >= 0.3 is 0 Å². The van der Waals surface area contributed by atoms with Crippen molar-refractivity contribution in [2.75, 3.05) is 27.3 Å². The minimum atomic E-state index is 0. The lowest BCUT2D eigenvalue weighted by molar-refractivity contribution is 0.184. The fraction of sp³-hybridized carbons (Fsp3) is 0.350. The Hall–Kier alpha value is -1.80. The van der Waals surface area contributed by atoms with E-state index in [0.29, 0.717) is 19.8 Å². The summed E-state index contributed by atoms with van der Waals surface area (Å²) in [4.78, 5) is 4.26. The second-order valence-electron chi connectivity index (χ2n) is 5.57. The topological polar surface area (TPSA) is 54.9 Å². The van der Waals surface area contributed by atoms with Crippen molar-refractivity contribution >= 4 is 29.9 Å². The van der Waals surface area contributed by atoms with Gasteiger partial charge in [0, 0.05) is 27.2 Å². The van der Waals surface area contributed by atoms with Crippen molar-refractivity contribution in [3.63, 3.8) is 0 Å². The van der Waals surface area contributed by atoms with Gasteiger partial charge in [0.25, 0.3) is 0 Å². The molecule has 2 aromatic carbocycles. The van der Waals surface area contributed by atoms with Crippen molar-refractivity contribution in [3.05, 3.63) is 65.7 Å². The first-order valence-corrected chi connectivity index (χ1v) is 8.51. The maximum atomic E-state index is 5.68. The SMILES string of the molecule is CN=C(NCCCOc1ccccc1)NCc1ccccc1COC.I. The van der Waals surface area contributed by atoms with Crippen LogP contribution in [0.4, 0.5) is 0 Å². The summed E-state index contributed by atoms with van der Waals surface area (Å²) in [5, 5.41) is 6.64. The number of nitrogens with zero attached hydrogens (tertiary/aromatic N) is 1. The first-order chi connectivity index (χ1) is 12.3. The van der Waals surface area contributed by atoms with Crippen LogP contribution >= 0.6 is 24.0 Å². The zero-order valence-corrected chi connectivity index (χ0v) is 17.7. The first-order valence-electron chi connectivity index (χ1n) is 8.51. The van der Waals surface area contributed by atoms with Gasteiger partial charge in [-0.05, 0) is 29.7 Å². The molecule has 0 aliphatic heterocycles. The molecule has 26 heavy (non-hydrogen) atoms. The highest BCUT2D eigenvalue weighted by Crippen LogP contribution is 2.09. The second kappa shape index (κ2) is 13.4. The lowest BCUT2D eigenvalue weighted by Gasteiger charge is -2.14. The molecule has 0 amide bonds. The molecule has 0 spiro atoms. The summed E-state index contributed by atoms with van der Waals surface area (Å²) >= 11 is 0. The lowest BCUT2D eigenvalue weighted by atomic mass is 10.1. The van der Waals surface area contributed by atoms with Gasteiger partial charge in [0.15, 0.2) is 5.96 Å². The summed E-state index contributed by atoms with van der Waals surface area (Å²) in [7, 11) is 3.49. The van der Waals surface area contributed by atoms with Crippen molar-refractivity contribution < 1.29 is 9.47 Å². The standard InChI is InChI=1S/C20H27N3O2.HI/c1-21-20(22-13-8-14-25-19-11-4-3-5-12-19)23-15-17-9-6-7-10-18(17)16-24-2;/h3-7,9-12H,8,13-16H2,1-2H3,(H2,21,22,23);1H. The van der Waals surface area contributed by atoms with Gasteiger partial charge in [0.1, 0.15) is 5.75 Å². The monoisotopic (exact) mass is 469 g/mol. The lowest BCUT2D eigenvalue weighted by Crippen LogP contribution is -2.37. The summed E-state index contributed by atoms with van der Waals surface area (Å²) in [5.41, 5.74) is 2.39. The van der Waals surface area contributed by atoms with Crippen molar-refractivity contribution in [2.45, 2.75) is 19.6 Å². The molecule has 0 heterocycles. The largest absolute Gasteiger partial charge is 0.494 e. The van der Waals surface area contributed by atoms with E-state index in [1.54, 1.807) is 14.2 Å². The van der Waals surface area contributed by atoms with Crippen LogP contribution in [0.3, 0.4) is 0 Å². The fourth-order valence-electron chi connectivity index (χ4n) is 2.41. The van der Waals surface area contributed by atoms with Crippen LogP contribution in [0.25, 0.3) is 0 Å². The minimum absolute atomic E-state index is 0. The van der Waals surface area contributed by atoms with Crippen LogP contribution < -0.4 is 15.4 Å². The van der Waals surface area contributed by atoms with Crippen molar-refractivity contribution in [1.82, 2.24) is 10.6 Å². The molecule has 0 radical (unpaired) electrons. The summed E-state index contributed by atoms with van der Waals surface area (Å²) in [6.45, 7) is 2.79. The molecule has 0 aliphatic rings. The number of guanidine groups is 1. The average molecular weight is 469 g/mol. The maximum absolute atomic E-state index is 5.68. The highest BCUT2D eigenvalue weighted by Gasteiger charge is 2.03. The summed E-state index contributed by atoms with van der Waals surface area (Å²) in [6, 6.07) is 18.1. The van der Waals surface area contributed by atoms with Crippen LogP contribution in [0.1, 0.15) is 17.5 Å². The number of hydrogen-bond donors (Lipinski definition) is 2. The van der Waals surface area contributed by atoms with E-state index in [2.05, 4.69) is 27.8 Å². The quantitative estimate of drug-likeness (QED) is 0.255. The number of aliphatic imine (C=N–C) groups is 1. The van der Waals surface area contributed by atoms with Crippen molar-refractivity contribution in [1.29, 1.82) is 0 Å². The minimum Gasteiger partial charge on any atom is -0.494 e. The van der Waals surface area contributed by atoms with E-state index in [1.165, 1.54) is 11.1 Å². The van der Waals surface area contributed by atoms with E-state index < -0.39 is 0 Å². The molecule has 0 fully saturated rings. The molecule has 0 aromatic heterocycles. The van der Waals surface area contributed by atoms with Crippen LogP contribution in [0.5, 0.6) is 5.75 Å². The summed E-state index contributed by atoms with van der Waals surface area (Å²) in [5.74, 6) is 1.69. The predicted octanol–water partition coefficient (Wildman–Crippen LogP) is 3.59. The molecule has 2 aromatic rings. The second-order valence-corrected chi connectivity index (χ2v) is 5.57. The molecule has 6 heteroatoms. The third-order valence-electron chi connectivity index (χ3n) is 3.71. The molecule has 142 valence electrons. The highest BCUT2D eigenvalue weighted by atomic mass is 127. The van der Waals surface area contributed by atoms with E-state index in [-0.39, 0.29) is 24.0 Å². The Balaban J connectivity index is 0.00000338. The number of benzene rings is 2. The Morgan fingerprint density at radius 1 is 0.962 bits per heavy atom. The molecule has 0 aliphatic carbocycles. The van der Waals surface area contributed by atoms with Gasteiger partial charge in [-0.25, -0.2) is 0 Å². The van der Waals surface area contributed by atoms with Gasteiger partial charge in [0.05, 0.1) is 13.2 Å². The Labute approximate surface area is 173 Å². The van der Waals surface area contributed by atoms with Crippen molar-refractivity contribution in [2.24, 2.45) is 4.99 Å². The fourth-order valence-corrected chi connectivity index (χ4v) is 2.41. The molecule has 5 nitrogen and oxygen atoms in total. The normalized spacial score (nSPS) is 10.8. The van der Waals surface area contributed by atoms with E-state index in [1.807, 2.05) is 42.5 Å². The summed E-state index contributed by atoms with van der Waals surface area (Å²) < 4.78 is 10.9. The predicted molar refractivity (Wildman–Crippen MR) is 117 cm³/mol. The van der Waals surface area contributed by atoms with E-state index >= 15 is 0 Å². The van der Waals surface area contributed by atoms with Gasteiger partial charge in [-0.15, -0.1) is 24.0 Å². The number of halogens is 1. The molecule has 2 rings (SSSR count). The molecular weight excluding hydrogens is 441 g/mol. The number of rotatable bonds is 9. The Kier molecular flexibility index (Phi) is 11.5. The molecule has 0 saturated carbocycles. The van der Waals surface area contributed by atoms with Crippen LogP contribution in [0, 0.1) is 0 Å². The molecule has 0 saturated heterocycles. The van der Waals surface area contributed by atoms with Crippen LogP contribution in [-0.2, 0) is 17.9 Å². The first kappa shape index (κ1) is 22.2. The smallest absolute Gasteiger partial charge is 0.191 e. The third kappa shape index (κ3) is 8.05. The summed E-state index contributed by atoms with van der Waals surface area (Å²) in [6.07, 6.45) is 0.899. The Bertz CT molecular complexity index is 651. The number of ether oxygens (including phenoxy) is 2. The zero-order valence-electron chi connectivity index (χ0n) is 15.4. The number of nitrogens with one attached hydrogen (secondary N) is 2. The highest BCUT2D eigenvalue weighted by molar-refractivity contribution is 14.0. The molecule has 0 bridgehead atoms. The third-order valence-corrected chi connectivity index (χ3v) is 3.71. The molecule has 0 atom stereocenters.